The van der Waals surface area contributed by atoms with E-state index >= 15 is 0 Å². The number of halogens is 1. The normalized spacial score (nSPS) is 11.6. The molecule has 2 aromatic carbocycles. The molecule has 1 N–H and O–H groups in total. The molecule has 23 heavy (non-hydrogen) atoms. The van der Waals surface area contributed by atoms with E-state index in [4.69, 9.17) is 0 Å². The van der Waals surface area contributed by atoms with Crippen LogP contribution in [0.15, 0.2) is 59.6 Å². The third-order valence-electron chi connectivity index (χ3n) is 3.78. The van der Waals surface area contributed by atoms with Crippen LogP contribution in [0.2, 0.25) is 0 Å². The molecule has 0 aliphatic heterocycles. The van der Waals surface area contributed by atoms with Crippen molar-refractivity contribution in [2.45, 2.75) is 11.8 Å². The number of rotatable bonds is 3. The standard InChI is InChI=1S/C18H16FNO2S/c1-12-11-20-18(17(12)13-3-7-15(19)8-4-13)14-5-9-16(10-6-14)23(2,21)22/h3-11,20H,1-2H3. The summed E-state index contributed by atoms with van der Waals surface area (Å²) < 4.78 is 36.3. The molecule has 1 aromatic heterocycles. The lowest BCUT2D eigenvalue weighted by molar-refractivity contribution is 0.602. The number of nitrogens with one attached hydrogen (secondary N) is 1. The summed E-state index contributed by atoms with van der Waals surface area (Å²) in [6.07, 6.45) is 3.07. The molecule has 0 unspecified atom stereocenters. The quantitative estimate of drug-likeness (QED) is 0.783. The molecule has 0 fully saturated rings. The second kappa shape index (κ2) is 5.66. The highest BCUT2D eigenvalue weighted by Crippen LogP contribution is 2.34. The lowest BCUT2D eigenvalue weighted by atomic mass is 9.98. The summed E-state index contributed by atoms with van der Waals surface area (Å²) in [6.45, 7) is 1.98. The van der Waals surface area contributed by atoms with Crippen LogP contribution in [0, 0.1) is 12.7 Å². The van der Waals surface area contributed by atoms with Crippen LogP contribution in [0.4, 0.5) is 4.39 Å². The van der Waals surface area contributed by atoms with Crippen molar-refractivity contribution in [2.75, 3.05) is 6.26 Å². The Morgan fingerprint density at radius 1 is 0.913 bits per heavy atom. The summed E-state index contributed by atoms with van der Waals surface area (Å²) in [7, 11) is -3.22. The first-order chi connectivity index (χ1) is 10.9. The number of aromatic amines is 1. The molecule has 118 valence electrons. The molecular weight excluding hydrogens is 313 g/mol. The van der Waals surface area contributed by atoms with Gasteiger partial charge in [-0.2, -0.15) is 0 Å². The van der Waals surface area contributed by atoms with Gasteiger partial charge in [0.2, 0.25) is 0 Å². The van der Waals surface area contributed by atoms with Gasteiger partial charge in [-0.05, 0) is 47.9 Å². The summed E-state index contributed by atoms with van der Waals surface area (Å²) in [4.78, 5) is 3.50. The monoisotopic (exact) mass is 329 g/mol. The second-order valence-corrected chi connectivity index (χ2v) is 7.54. The van der Waals surface area contributed by atoms with Gasteiger partial charge >= 0.3 is 0 Å². The van der Waals surface area contributed by atoms with Crippen LogP contribution in [0.5, 0.6) is 0 Å². The van der Waals surface area contributed by atoms with Gasteiger partial charge in [0.25, 0.3) is 0 Å². The molecule has 5 heteroatoms. The van der Waals surface area contributed by atoms with Crippen LogP contribution in [-0.4, -0.2) is 19.7 Å². The Labute approximate surface area is 134 Å². The molecule has 0 aliphatic rings. The molecular formula is C18H16FNO2S. The van der Waals surface area contributed by atoms with Gasteiger partial charge < -0.3 is 4.98 Å². The highest BCUT2D eigenvalue weighted by molar-refractivity contribution is 7.90. The van der Waals surface area contributed by atoms with Crippen molar-refractivity contribution in [1.82, 2.24) is 4.98 Å². The summed E-state index contributed by atoms with van der Waals surface area (Å²) in [5.41, 5.74) is 4.70. The average molecular weight is 329 g/mol. The van der Waals surface area contributed by atoms with E-state index in [-0.39, 0.29) is 10.7 Å². The minimum absolute atomic E-state index is 0.277. The third kappa shape index (κ3) is 3.05. The fourth-order valence-corrected chi connectivity index (χ4v) is 3.24. The molecule has 0 bridgehead atoms. The predicted molar refractivity (Wildman–Crippen MR) is 89.5 cm³/mol. The van der Waals surface area contributed by atoms with E-state index in [0.29, 0.717) is 0 Å². The molecule has 1 heterocycles. The molecule has 0 spiro atoms. The van der Waals surface area contributed by atoms with Gasteiger partial charge in [-0.15, -0.1) is 0 Å². The number of aromatic nitrogens is 1. The first kappa shape index (κ1) is 15.5. The first-order valence-electron chi connectivity index (χ1n) is 7.10. The number of aryl methyl sites for hydroxylation is 1. The molecule has 3 nitrogen and oxygen atoms in total. The zero-order chi connectivity index (χ0) is 16.6. The fraction of sp³-hybridized carbons (Fsp3) is 0.111. The Hall–Kier alpha value is -2.40. The van der Waals surface area contributed by atoms with E-state index < -0.39 is 9.84 Å². The Morgan fingerprint density at radius 2 is 1.48 bits per heavy atom. The Bertz CT molecular complexity index is 940. The Morgan fingerprint density at radius 3 is 2.04 bits per heavy atom. The summed E-state index contributed by atoms with van der Waals surface area (Å²) >= 11 is 0. The van der Waals surface area contributed by atoms with Crippen molar-refractivity contribution < 1.29 is 12.8 Å². The fourth-order valence-electron chi connectivity index (χ4n) is 2.61. The molecule has 0 amide bonds. The van der Waals surface area contributed by atoms with E-state index in [1.165, 1.54) is 18.4 Å². The Kier molecular flexibility index (Phi) is 3.82. The molecule has 3 rings (SSSR count). The van der Waals surface area contributed by atoms with Gasteiger partial charge in [0.05, 0.1) is 10.6 Å². The van der Waals surface area contributed by atoms with Gasteiger partial charge in [-0.3, -0.25) is 0 Å². The third-order valence-corrected chi connectivity index (χ3v) is 4.91. The Balaban J connectivity index is 2.10. The highest BCUT2D eigenvalue weighted by Gasteiger charge is 2.14. The van der Waals surface area contributed by atoms with Crippen LogP contribution in [0.25, 0.3) is 22.4 Å². The average Bonchev–Trinajstić information content (AvgIpc) is 2.89. The van der Waals surface area contributed by atoms with Crippen LogP contribution < -0.4 is 0 Å². The summed E-state index contributed by atoms with van der Waals surface area (Å²) in [5.74, 6) is -0.277. The second-order valence-electron chi connectivity index (χ2n) is 5.53. The number of hydrogen-bond acceptors (Lipinski definition) is 2. The SMILES string of the molecule is Cc1c[nH]c(-c2ccc(S(C)(=O)=O)cc2)c1-c1ccc(F)cc1. The molecule has 0 radical (unpaired) electrons. The van der Waals surface area contributed by atoms with E-state index in [1.807, 2.05) is 13.1 Å². The highest BCUT2D eigenvalue weighted by atomic mass is 32.2. The van der Waals surface area contributed by atoms with Crippen LogP contribution in [0.1, 0.15) is 5.56 Å². The van der Waals surface area contributed by atoms with Gasteiger partial charge in [0.15, 0.2) is 9.84 Å². The van der Waals surface area contributed by atoms with Crippen molar-refractivity contribution in [2.24, 2.45) is 0 Å². The summed E-state index contributed by atoms with van der Waals surface area (Å²) in [5, 5.41) is 0. The lowest BCUT2D eigenvalue weighted by Crippen LogP contribution is -1.96. The van der Waals surface area contributed by atoms with Crippen molar-refractivity contribution in [3.63, 3.8) is 0 Å². The molecule has 0 saturated heterocycles. The lowest BCUT2D eigenvalue weighted by Gasteiger charge is -2.07. The maximum atomic E-state index is 13.1. The van der Waals surface area contributed by atoms with Gasteiger partial charge in [0.1, 0.15) is 5.82 Å². The summed E-state index contributed by atoms with van der Waals surface area (Å²) in [6, 6.07) is 13.1. The number of benzene rings is 2. The van der Waals surface area contributed by atoms with E-state index in [2.05, 4.69) is 4.98 Å². The van der Waals surface area contributed by atoms with Crippen LogP contribution in [-0.2, 0) is 9.84 Å². The molecule has 3 aromatic rings. The van der Waals surface area contributed by atoms with E-state index in [0.717, 1.165) is 27.9 Å². The van der Waals surface area contributed by atoms with Crippen molar-refractivity contribution >= 4 is 9.84 Å². The number of sulfone groups is 1. The van der Waals surface area contributed by atoms with Crippen molar-refractivity contribution in [3.8, 4) is 22.4 Å². The van der Waals surface area contributed by atoms with Crippen molar-refractivity contribution in [1.29, 1.82) is 0 Å². The minimum Gasteiger partial charge on any atom is -0.360 e. The van der Waals surface area contributed by atoms with Crippen LogP contribution >= 0.6 is 0 Å². The van der Waals surface area contributed by atoms with Crippen LogP contribution in [0.3, 0.4) is 0 Å². The predicted octanol–water partition coefficient (Wildman–Crippen LogP) is 4.20. The minimum atomic E-state index is -3.22. The molecule has 0 atom stereocenters. The van der Waals surface area contributed by atoms with E-state index in [1.54, 1.807) is 36.4 Å². The number of hydrogen-bond donors (Lipinski definition) is 1. The van der Waals surface area contributed by atoms with Gasteiger partial charge in [0, 0.05) is 18.0 Å². The van der Waals surface area contributed by atoms with Crippen molar-refractivity contribution in [3.05, 3.63) is 66.1 Å². The topological polar surface area (TPSA) is 49.9 Å². The van der Waals surface area contributed by atoms with Gasteiger partial charge in [-0.25, -0.2) is 12.8 Å². The largest absolute Gasteiger partial charge is 0.360 e. The zero-order valence-electron chi connectivity index (χ0n) is 12.8. The molecule has 0 saturated carbocycles. The molecule has 0 aliphatic carbocycles. The maximum absolute atomic E-state index is 13.1. The number of H-pyrrole nitrogens is 1. The van der Waals surface area contributed by atoms with Gasteiger partial charge in [-0.1, -0.05) is 24.3 Å². The zero-order valence-corrected chi connectivity index (χ0v) is 13.6. The first-order valence-corrected chi connectivity index (χ1v) is 9.00. The maximum Gasteiger partial charge on any atom is 0.175 e. The van der Waals surface area contributed by atoms with E-state index in [9.17, 15) is 12.8 Å². The smallest absolute Gasteiger partial charge is 0.175 e.